The Labute approximate surface area is 163 Å². The van der Waals surface area contributed by atoms with Crippen LogP contribution in [0.5, 0.6) is 5.75 Å². The first-order valence-electron chi connectivity index (χ1n) is 9.40. The van der Waals surface area contributed by atoms with E-state index in [1.807, 2.05) is 56.3 Å². The summed E-state index contributed by atoms with van der Waals surface area (Å²) in [6.07, 6.45) is 1.69. The van der Waals surface area contributed by atoms with E-state index < -0.39 is 0 Å². The molecule has 28 heavy (non-hydrogen) atoms. The van der Waals surface area contributed by atoms with Crippen LogP contribution in [0.3, 0.4) is 0 Å². The molecule has 1 amide bonds. The molecule has 0 saturated carbocycles. The molecule has 2 aromatic carbocycles. The van der Waals surface area contributed by atoms with Gasteiger partial charge in [-0.05, 0) is 62.1 Å². The molecule has 3 aromatic rings. The number of nitrogens with zero attached hydrogens (tertiary/aromatic N) is 2. The Kier molecular flexibility index (Phi) is 4.93. The maximum absolute atomic E-state index is 12.7. The highest BCUT2D eigenvalue weighted by Crippen LogP contribution is 2.33. The number of hydrogen-bond acceptors (Lipinski definition) is 4. The molecule has 6 nitrogen and oxygen atoms in total. The predicted molar refractivity (Wildman–Crippen MR) is 109 cm³/mol. The summed E-state index contributed by atoms with van der Waals surface area (Å²) in [4.78, 5) is 12.7. The number of aromatic amines is 1. The summed E-state index contributed by atoms with van der Waals surface area (Å²) in [5.41, 5.74) is 8.92. The van der Waals surface area contributed by atoms with Gasteiger partial charge >= 0.3 is 0 Å². The summed E-state index contributed by atoms with van der Waals surface area (Å²) in [7, 11) is 0. The van der Waals surface area contributed by atoms with Gasteiger partial charge in [0.05, 0.1) is 18.0 Å². The number of rotatable bonds is 5. The highest BCUT2D eigenvalue weighted by Gasteiger charge is 2.24. The molecule has 2 N–H and O–H groups in total. The molecule has 0 bridgehead atoms. The Bertz CT molecular complexity index is 1030. The normalized spacial score (nSPS) is 12.9. The third kappa shape index (κ3) is 3.41. The smallest absolute Gasteiger partial charge is 0.289 e. The number of carbonyl (C=O) groups is 1. The van der Waals surface area contributed by atoms with Crippen LogP contribution < -0.4 is 10.2 Å². The van der Waals surface area contributed by atoms with Crippen LogP contribution in [0, 0.1) is 0 Å². The molecular formula is C22H22N4O2. The second-order valence-corrected chi connectivity index (χ2v) is 6.68. The van der Waals surface area contributed by atoms with Crippen LogP contribution in [0.2, 0.25) is 0 Å². The maximum Gasteiger partial charge on any atom is 0.289 e. The lowest BCUT2D eigenvalue weighted by Crippen LogP contribution is -2.21. The van der Waals surface area contributed by atoms with Crippen LogP contribution >= 0.6 is 0 Å². The van der Waals surface area contributed by atoms with Crippen molar-refractivity contribution in [2.45, 2.75) is 26.7 Å². The van der Waals surface area contributed by atoms with Gasteiger partial charge in [-0.1, -0.05) is 24.3 Å². The average Bonchev–Trinajstić information content (AvgIpc) is 3.17. The van der Waals surface area contributed by atoms with E-state index >= 15 is 0 Å². The summed E-state index contributed by atoms with van der Waals surface area (Å²) >= 11 is 0. The molecule has 1 aliphatic carbocycles. The number of hydrogen-bond donors (Lipinski definition) is 2. The number of H-pyrrole nitrogens is 1. The Balaban J connectivity index is 1.51. The van der Waals surface area contributed by atoms with Gasteiger partial charge in [-0.2, -0.15) is 10.2 Å². The van der Waals surface area contributed by atoms with E-state index in [2.05, 4.69) is 26.8 Å². The first kappa shape index (κ1) is 18.0. The van der Waals surface area contributed by atoms with Crippen molar-refractivity contribution in [2.24, 2.45) is 5.10 Å². The first-order valence-corrected chi connectivity index (χ1v) is 9.40. The lowest BCUT2D eigenvalue weighted by atomic mass is 9.89. The SMILES string of the molecule is CCOc1ccc(/C(C)=N\NC(=O)c2[nH]nc3c2CCc2ccccc2-3)cc1. The number of ether oxygens (including phenoxy) is 1. The van der Waals surface area contributed by atoms with Crippen LogP contribution in [-0.4, -0.2) is 28.4 Å². The van der Waals surface area contributed by atoms with Gasteiger partial charge in [-0.3, -0.25) is 9.89 Å². The number of aromatic nitrogens is 2. The van der Waals surface area contributed by atoms with E-state index in [-0.39, 0.29) is 5.91 Å². The Morgan fingerprint density at radius 1 is 1.18 bits per heavy atom. The third-order valence-corrected chi connectivity index (χ3v) is 4.92. The van der Waals surface area contributed by atoms with Gasteiger partial charge in [-0.25, -0.2) is 5.43 Å². The van der Waals surface area contributed by atoms with Gasteiger partial charge in [0.25, 0.3) is 5.91 Å². The summed E-state index contributed by atoms with van der Waals surface area (Å²) in [6, 6.07) is 15.8. The van der Waals surface area contributed by atoms with Crippen LogP contribution in [-0.2, 0) is 12.8 Å². The molecule has 1 aliphatic rings. The summed E-state index contributed by atoms with van der Waals surface area (Å²) < 4.78 is 5.44. The zero-order chi connectivity index (χ0) is 19.5. The minimum absolute atomic E-state index is 0.279. The lowest BCUT2D eigenvalue weighted by molar-refractivity contribution is 0.0949. The minimum Gasteiger partial charge on any atom is -0.494 e. The topological polar surface area (TPSA) is 79.4 Å². The van der Waals surface area contributed by atoms with Crippen molar-refractivity contribution < 1.29 is 9.53 Å². The van der Waals surface area contributed by atoms with Crippen molar-refractivity contribution in [3.63, 3.8) is 0 Å². The van der Waals surface area contributed by atoms with E-state index in [1.165, 1.54) is 5.56 Å². The van der Waals surface area contributed by atoms with Crippen molar-refractivity contribution >= 4 is 11.6 Å². The van der Waals surface area contributed by atoms with Crippen molar-refractivity contribution in [3.8, 4) is 17.0 Å². The molecule has 142 valence electrons. The molecule has 4 rings (SSSR count). The lowest BCUT2D eigenvalue weighted by Gasteiger charge is -2.15. The fourth-order valence-electron chi connectivity index (χ4n) is 3.46. The van der Waals surface area contributed by atoms with Gasteiger partial charge < -0.3 is 4.74 Å². The second-order valence-electron chi connectivity index (χ2n) is 6.68. The number of aryl methyl sites for hydroxylation is 1. The minimum atomic E-state index is -0.279. The van der Waals surface area contributed by atoms with Crippen LogP contribution in [0.25, 0.3) is 11.3 Å². The molecule has 0 aliphatic heterocycles. The molecule has 0 saturated heterocycles. The monoisotopic (exact) mass is 374 g/mol. The number of benzene rings is 2. The van der Waals surface area contributed by atoms with Crippen molar-refractivity contribution in [2.75, 3.05) is 6.61 Å². The van der Waals surface area contributed by atoms with Crippen molar-refractivity contribution in [3.05, 3.63) is 70.9 Å². The van der Waals surface area contributed by atoms with Crippen LogP contribution in [0.4, 0.5) is 0 Å². The summed E-state index contributed by atoms with van der Waals surface area (Å²) in [5.74, 6) is 0.533. The van der Waals surface area contributed by atoms with Gasteiger partial charge in [0.15, 0.2) is 0 Å². The van der Waals surface area contributed by atoms with E-state index in [0.29, 0.717) is 12.3 Å². The third-order valence-electron chi connectivity index (χ3n) is 4.92. The number of hydrazone groups is 1. The van der Waals surface area contributed by atoms with E-state index in [4.69, 9.17) is 4.74 Å². The molecule has 0 radical (unpaired) electrons. The first-order chi connectivity index (χ1) is 13.7. The highest BCUT2D eigenvalue weighted by atomic mass is 16.5. The van der Waals surface area contributed by atoms with E-state index in [1.54, 1.807) is 0 Å². The fourth-order valence-corrected chi connectivity index (χ4v) is 3.46. The summed E-state index contributed by atoms with van der Waals surface area (Å²) in [5, 5.41) is 11.5. The molecule has 1 aromatic heterocycles. The molecule has 1 heterocycles. The van der Waals surface area contributed by atoms with Crippen LogP contribution in [0.1, 0.15) is 41.0 Å². The number of amides is 1. The average molecular weight is 374 g/mol. The summed E-state index contributed by atoms with van der Waals surface area (Å²) in [6.45, 7) is 4.43. The van der Waals surface area contributed by atoms with Gasteiger partial charge in [0.1, 0.15) is 11.4 Å². The van der Waals surface area contributed by atoms with Gasteiger partial charge in [0, 0.05) is 11.1 Å². The molecule has 0 spiro atoms. The Morgan fingerprint density at radius 3 is 2.75 bits per heavy atom. The Hall–Kier alpha value is -3.41. The quantitative estimate of drug-likeness (QED) is 0.528. The second kappa shape index (κ2) is 7.68. The molecular weight excluding hydrogens is 352 g/mol. The fraction of sp³-hybridized carbons (Fsp3) is 0.227. The van der Waals surface area contributed by atoms with Crippen LogP contribution in [0.15, 0.2) is 53.6 Å². The number of fused-ring (bicyclic) bond motifs is 3. The van der Waals surface area contributed by atoms with Crippen molar-refractivity contribution in [1.82, 2.24) is 15.6 Å². The zero-order valence-electron chi connectivity index (χ0n) is 16.0. The molecule has 0 atom stereocenters. The molecule has 0 fully saturated rings. The Morgan fingerprint density at radius 2 is 1.96 bits per heavy atom. The van der Waals surface area contributed by atoms with Gasteiger partial charge in [-0.15, -0.1) is 0 Å². The largest absolute Gasteiger partial charge is 0.494 e. The highest BCUT2D eigenvalue weighted by molar-refractivity contribution is 6.01. The molecule has 0 unspecified atom stereocenters. The predicted octanol–water partition coefficient (Wildman–Crippen LogP) is 3.73. The standard InChI is InChI=1S/C22H22N4O2/c1-3-28-17-11-8-15(9-12-17)14(2)23-26-22(27)21-19-13-10-16-6-4-5-7-18(16)20(19)24-25-21/h4-9,11-12H,3,10,13H2,1-2H3,(H,24,25)(H,26,27)/b23-14-. The number of carbonyl (C=O) groups excluding carboxylic acids is 1. The van der Waals surface area contributed by atoms with Gasteiger partial charge in [0.2, 0.25) is 0 Å². The van der Waals surface area contributed by atoms with E-state index in [9.17, 15) is 4.79 Å². The molecule has 6 heteroatoms. The number of nitrogens with one attached hydrogen (secondary N) is 2. The zero-order valence-corrected chi connectivity index (χ0v) is 16.0. The maximum atomic E-state index is 12.7. The van der Waals surface area contributed by atoms with E-state index in [0.717, 1.165) is 46.7 Å². The van der Waals surface area contributed by atoms with Crippen molar-refractivity contribution in [1.29, 1.82) is 0 Å².